The lowest BCUT2D eigenvalue weighted by atomic mass is 9.78. The van der Waals surface area contributed by atoms with Crippen LogP contribution in [0.15, 0.2) is 116 Å². The Morgan fingerprint density at radius 2 is 1.29 bits per heavy atom. The van der Waals surface area contributed by atoms with Crippen molar-refractivity contribution in [3.8, 4) is 22.4 Å². The van der Waals surface area contributed by atoms with Gasteiger partial charge in [-0.3, -0.25) is 0 Å². The molecule has 4 aromatic rings. The van der Waals surface area contributed by atoms with Crippen LogP contribution < -0.4 is 0 Å². The van der Waals surface area contributed by atoms with Crippen LogP contribution in [0.3, 0.4) is 0 Å². The number of allylic oxidation sites excluding steroid dienone is 4. The highest BCUT2D eigenvalue weighted by Crippen LogP contribution is 2.36. The Kier molecular flexibility index (Phi) is 5.05. The maximum atomic E-state index is 4.63. The second kappa shape index (κ2) is 8.16. The average molecular weight is 401 g/mol. The molecule has 5 rings (SSSR count). The summed E-state index contributed by atoms with van der Waals surface area (Å²) in [6.07, 6.45) is 9.41. The van der Waals surface area contributed by atoms with E-state index in [-0.39, 0.29) is 5.41 Å². The molecule has 0 aliphatic heterocycles. The number of nitrogens with zero attached hydrogens (tertiary/aromatic N) is 2. The first kappa shape index (κ1) is 19.2. The van der Waals surface area contributed by atoms with Crippen LogP contribution in [0.4, 0.5) is 0 Å². The van der Waals surface area contributed by atoms with Crippen molar-refractivity contribution in [3.05, 3.63) is 127 Å². The maximum absolute atomic E-state index is 4.63. The fourth-order valence-corrected chi connectivity index (χ4v) is 4.06. The van der Waals surface area contributed by atoms with Crippen LogP contribution in [0, 0.1) is 0 Å². The van der Waals surface area contributed by atoms with E-state index in [4.69, 9.17) is 0 Å². The van der Waals surface area contributed by atoms with Gasteiger partial charge in [-0.05, 0) is 34.8 Å². The molecular weight excluding hydrogens is 376 g/mol. The Morgan fingerprint density at radius 1 is 0.677 bits per heavy atom. The van der Waals surface area contributed by atoms with Gasteiger partial charge in [0, 0.05) is 11.0 Å². The van der Waals surface area contributed by atoms with Gasteiger partial charge in [-0.1, -0.05) is 110 Å². The van der Waals surface area contributed by atoms with Crippen molar-refractivity contribution in [2.75, 3.05) is 0 Å². The van der Waals surface area contributed by atoms with Gasteiger partial charge in [-0.25, -0.2) is 9.97 Å². The van der Waals surface area contributed by atoms with Crippen LogP contribution in [0.5, 0.6) is 0 Å². The van der Waals surface area contributed by atoms with E-state index in [2.05, 4.69) is 120 Å². The second-order valence-electron chi connectivity index (χ2n) is 8.21. The summed E-state index contributed by atoms with van der Waals surface area (Å²) in [7, 11) is 0. The molecule has 2 nitrogen and oxygen atoms in total. The highest BCUT2D eigenvalue weighted by Gasteiger charge is 2.27. The average Bonchev–Trinajstić information content (AvgIpc) is 2.86. The second-order valence-corrected chi connectivity index (χ2v) is 8.21. The monoisotopic (exact) mass is 400 g/mol. The van der Waals surface area contributed by atoms with Gasteiger partial charge in [0.05, 0.1) is 11.4 Å². The molecule has 1 aliphatic carbocycles. The third kappa shape index (κ3) is 3.97. The lowest BCUT2D eigenvalue weighted by Crippen LogP contribution is -2.22. The van der Waals surface area contributed by atoms with Gasteiger partial charge < -0.3 is 0 Å². The molecule has 150 valence electrons. The van der Waals surface area contributed by atoms with E-state index in [1.165, 1.54) is 22.3 Å². The van der Waals surface area contributed by atoms with Crippen molar-refractivity contribution in [2.45, 2.75) is 18.8 Å². The lowest BCUT2D eigenvalue weighted by molar-refractivity contribution is 0.579. The quantitative estimate of drug-likeness (QED) is 0.365. The van der Waals surface area contributed by atoms with Crippen molar-refractivity contribution >= 4 is 5.57 Å². The summed E-state index contributed by atoms with van der Waals surface area (Å²) in [6, 6.07) is 31.7. The van der Waals surface area contributed by atoms with Crippen LogP contribution in [-0.2, 0) is 5.41 Å². The van der Waals surface area contributed by atoms with Gasteiger partial charge in [-0.2, -0.15) is 0 Å². The van der Waals surface area contributed by atoms with E-state index in [1.807, 2.05) is 6.07 Å². The van der Waals surface area contributed by atoms with Crippen molar-refractivity contribution in [1.82, 2.24) is 9.97 Å². The van der Waals surface area contributed by atoms with Gasteiger partial charge in [0.15, 0.2) is 0 Å². The zero-order valence-corrected chi connectivity index (χ0v) is 17.6. The zero-order valence-electron chi connectivity index (χ0n) is 17.6. The zero-order chi connectivity index (χ0) is 21.1. The predicted octanol–water partition coefficient (Wildman–Crippen LogP) is 7.11. The lowest BCUT2D eigenvalue weighted by Gasteiger charge is -2.28. The molecule has 0 amide bonds. The fraction of sp³-hybridized carbons (Fsp3) is 0.103. The Morgan fingerprint density at radius 3 is 1.94 bits per heavy atom. The number of hydrogen-bond donors (Lipinski definition) is 0. The number of aromatic nitrogens is 2. The summed E-state index contributed by atoms with van der Waals surface area (Å²) < 4.78 is 0. The molecule has 0 saturated carbocycles. The maximum Gasteiger partial charge on any atom is 0.116 e. The van der Waals surface area contributed by atoms with E-state index in [0.717, 1.165) is 23.4 Å². The van der Waals surface area contributed by atoms with Gasteiger partial charge in [0.25, 0.3) is 0 Å². The van der Waals surface area contributed by atoms with Crippen LogP contribution in [0.1, 0.15) is 24.6 Å². The minimum Gasteiger partial charge on any atom is -0.240 e. The third-order valence-corrected chi connectivity index (χ3v) is 6.02. The van der Waals surface area contributed by atoms with Crippen LogP contribution in [-0.4, -0.2) is 9.97 Å². The number of benzene rings is 3. The summed E-state index contributed by atoms with van der Waals surface area (Å²) in [5.74, 6) is 0. The topological polar surface area (TPSA) is 25.8 Å². The molecule has 0 bridgehead atoms. The fourth-order valence-electron chi connectivity index (χ4n) is 4.06. The van der Waals surface area contributed by atoms with Crippen molar-refractivity contribution in [3.63, 3.8) is 0 Å². The molecule has 31 heavy (non-hydrogen) atoms. The van der Waals surface area contributed by atoms with Crippen molar-refractivity contribution < 1.29 is 0 Å². The predicted molar refractivity (Wildman–Crippen MR) is 128 cm³/mol. The Labute approximate surface area is 183 Å². The van der Waals surface area contributed by atoms with Gasteiger partial charge in [0.2, 0.25) is 0 Å². The summed E-state index contributed by atoms with van der Waals surface area (Å²) in [6.45, 7) is 2.24. The van der Waals surface area contributed by atoms with Crippen LogP contribution in [0.25, 0.3) is 28.0 Å². The molecule has 1 atom stereocenters. The molecule has 1 aliphatic rings. The Hall–Kier alpha value is -3.78. The molecule has 0 radical (unpaired) electrons. The standard InChI is InChI=1S/C29H24N2/c1-29(18-16-25(17-19-29)23-10-6-3-7-11-23)28-20-27(30-21-31-28)26-14-12-24(13-15-26)22-8-4-2-5-9-22/h2-18,20-21H,19H2,1H3. The summed E-state index contributed by atoms with van der Waals surface area (Å²) in [4.78, 5) is 9.18. The van der Waals surface area contributed by atoms with E-state index in [9.17, 15) is 0 Å². The highest BCUT2D eigenvalue weighted by atomic mass is 14.8. The molecule has 3 aromatic carbocycles. The molecule has 0 saturated heterocycles. The van der Waals surface area contributed by atoms with Gasteiger partial charge in [0.1, 0.15) is 6.33 Å². The van der Waals surface area contributed by atoms with Gasteiger partial charge in [-0.15, -0.1) is 0 Å². The Balaban J connectivity index is 1.39. The molecule has 0 spiro atoms. The summed E-state index contributed by atoms with van der Waals surface area (Å²) in [5.41, 5.74) is 7.91. The van der Waals surface area contributed by atoms with Gasteiger partial charge >= 0.3 is 0 Å². The largest absolute Gasteiger partial charge is 0.240 e. The smallest absolute Gasteiger partial charge is 0.116 e. The van der Waals surface area contributed by atoms with Crippen molar-refractivity contribution in [2.24, 2.45) is 0 Å². The molecule has 1 aromatic heterocycles. The molecule has 1 unspecified atom stereocenters. The molecule has 2 heteroatoms. The molecular formula is C29H24N2. The molecule has 0 N–H and O–H groups in total. The number of hydrogen-bond acceptors (Lipinski definition) is 2. The van der Waals surface area contributed by atoms with Crippen molar-refractivity contribution in [1.29, 1.82) is 0 Å². The minimum atomic E-state index is -0.139. The van der Waals surface area contributed by atoms with E-state index < -0.39 is 0 Å². The van der Waals surface area contributed by atoms with E-state index in [1.54, 1.807) is 6.33 Å². The summed E-state index contributed by atoms with van der Waals surface area (Å²) in [5, 5.41) is 0. The summed E-state index contributed by atoms with van der Waals surface area (Å²) >= 11 is 0. The molecule has 1 heterocycles. The highest BCUT2D eigenvalue weighted by molar-refractivity contribution is 5.76. The SMILES string of the molecule is CC1(c2cc(-c3ccc(-c4ccccc4)cc3)ncn2)C=CC(c2ccccc2)=CC1. The first-order valence-corrected chi connectivity index (χ1v) is 10.6. The Bertz CT molecular complexity index is 1240. The van der Waals surface area contributed by atoms with Crippen LogP contribution in [0.2, 0.25) is 0 Å². The number of rotatable bonds is 4. The molecule has 0 fully saturated rings. The first-order chi connectivity index (χ1) is 15.2. The van der Waals surface area contributed by atoms with E-state index >= 15 is 0 Å². The van der Waals surface area contributed by atoms with E-state index in [0.29, 0.717) is 0 Å². The normalized spacial score (nSPS) is 17.9. The first-order valence-electron chi connectivity index (χ1n) is 10.6. The van der Waals surface area contributed by atoms with Crippen LogP contribution >= 0.6 is 0 Å². The minimum absolute atomic E-state index is 0.139. The third-order valence-electron chi connectivity index (χ3n) is 6.02.